The zero-order valence-electron chi connectivity index (χ0n) is 14.1. The van der Waals surface area contributed by atoms with E-state index in [1.165, 1.54) is 0 Å². The minimum Gasteiger partial charge on any atom is -0.444 e. The molecule has 0 saturated carbocycles. The fourth-order valence-electron chi connectivity index (χ4n) is 2.31. The van der Waals surface area contributed by atoms with Gasteiger partial charge in [-0.05, 0) is 39.5 Å². The Kier molecular flexibility index (Phi) is 7.72. The van der Waals surface area contributed by atoms with Gasteiger partial charge in [0.2, 0.25) is 0 Å². The molecule has 0 unspecified atom stereocenters. The fraction of sp³-hybridized carbons (Fsp3) is 0.706. The second-order valence-corrected chi connectivity index (χ2v) is 6.60. The van der Waals surface area contributed by atoms with E-state index in [4.69, 9.17) is 4.74 Å². The van der Waals surface area contributed by atoms with E-state index in [1.807, 2.05) is 34.6 Å². The van der Waals surface area contributed by atoms with Crippen molar-refractivity contribution >= 4 is 6.09 Å². The summed E-state index contributed by atoms with van der Waals surface area (Å²) in [5.41, 5.74) is -1.67. The van der Waals surface area contributed by atoms with Crippen LogP contribution in [0, 0.1) is 5.92 Å². The predicted molar refractivity (Wildman–Crippen MR) is 87.2 cm³/mol. The van der Waals surface area contributed by atoms with Crippen molar-refractivity contribution in [1.29, 1.82) is 0 Å². The van der Waals surface area contributed by atoms with Gasteiger partial charge >= 0.3 is 6.09 Å². The molecule has 0 aliphatic heterocycles. The molecule has 21 heavy (non-hydrogen) atoms. The molecule has 122 valence electrons. The van der Waals surface area contributed by atoms with Crippen molar-refractivity contribution in [3.63, 3.8) is 0 Å². The van der Waals surface area contributed by atoms with Crippen LogP contribution in [-0.4, -0.2) is 28.4 Å². The summed E-state index contributed by atoms with van der Waals surface area (Å²) in [4.78, 5) is 12.0. The van der Waals surface area contributed by atoms with E-state index in [0.717, 1.165) is 6.42 Å². The lowest BCUT2D eigenvalue weighted by Gasteiger charge is -2.39. The summed E-state index contributed by atoms with van der Waals surface area (Å²) in [6.07, 6.45) is 4.40. The van der Waals surface area contributed by atoms with Crippen LogP contribution in [0.4, 0.5) is 4.79 Å². The topological polar surface area (TPSA) is 58.6 Å². The first kappa shape index (κ1) is 19.7. The summed E-state index contributed by atoms with van der Waals surface area (Å²) in [5, 5.41) is 13.7. The second-order valence-electron chi connectivity index (χ2n) is 6.60. The number of alkyl carbamates (subject to hydrolysis) is 1. The van der Waals surface area contributed by atoms with Gasteiger partial charge in [-0.3, -0.25) is 0 Å². The molecule has 2 N–H and O–H groups in total. The van der Waals surface area contributed by atoms with E-state index in [-0.39, 0.29) is 5.92 Å². The average Bonchev–Trinajstić information content (AvgIpc) is 2.33. The molecule has 0 saturated heterocycles. The number of rotatable bonds is 8. The second kappa shape index (κ2) is 8.23. The monoisotopic (exact) mass is 297 g/mol. The Bertz CT molecular complexity index is 348. The molecule has 2 atom stereocenters. The zero-order valence-corrected chi connectivity index (χ0v) is 14.1. The summed E-state index contributed by atoms with van der Waals surface area (Å²) < 4.78 is 5.30. The van der Waals surface area contributed by atoms with Gasteiger partial charge in [0.15, 0.2) is 0 Å². The highest BCUT2D eigenvalue weighted by Gasteiger charge is 2.39. The van der Waals surface area contributed by atoms with Gasteiger partial charge in [-0.2, -0.15) is 0 Å². The van der Waals surface area contributed by atoms with Crippen LogP contribution in [0.15, 0.2) is 25.3 Å². The number of aliphatic hydroxyl groups is 1. The SMILES string of the molecule is C=CCC(O)(CC=C)[C@@H](NC(=O)OC(C)(C)C)[C@@H](C)CC. The molecule has 0 aliphatic rings. The number of nitrogens with one attached hydrogen (secondary N) is 1. The predicted octanol–water partition coefficient (Wildman–Crippen LogP) is 3.81. The molecule has 4 heteroatoms. The summed E-state index contributed by atoms with van der Waals surface area (Å²) in [5.74, 6) is 0.0995. The van der Waals surface area contributed by atoms with Crippen molar-refractivity contribution in [2.75, 3.05) is 0 Å². The maximum Gasteiger partial charge on any atom is 0.407 e. The maximum atomic E-state index is 12.0. The Morgan fingerprint density at radius 1 is 1.29 bits per heavy atom. The van der Waals surface area contributed by atoms with Crippen molar-refractivity contribution in [1.82, 2.24) is 5.32 Å². The summed E-state index contributed by atoms with van der Waals surface area (Å²) in [6, 6.07) is -0.423. The van der Waals surface area contributed by atoms with Crippen molar-refractivity contribution in [3.05, 3.63) is 25.3 Å². The standard InChI is InChI=1S/C17H31NO3/c1-8-11-17(20,12-9-2)14(13(4)10-3)18-15(19)21-16(5,6)7/h8-9,13-14,20H,1-2,10-12H2,3-7H3,(H,18,19)/t13-,14-/m0/s1. The third-order valence-electron chi connectivity index (χ3n) is 3.46. The van der Waals surface area contributed by atoms with Crippen molar-refractivity contribution in [3.8, 4) is 0 Å². The van der Waals surface area contributed by atoms with Crippen molar-refractivity contribution in [2.24, 2.45) is 5.92 Å². The van der Waals surface area contributed by atoms with Crippen LogP contribution in [0.2, 0.25) is 0 Å². The summed E-state index contributed by atoms with van der Waals surface area (Å²) >= 11 is 0. The highest BCUT2D eigenvalue weighted by atomic mass is 16.6. The lowest BCUT2D eigenvalue weighted by molar-refractivity contribution is -0.0196. The van der Waals surface area contributed by atoms with Gasteiger partial charge in [-0.15, -0.1) is 13.2 Å². The number of carbonyl (C=O) groups excluding carboxylic acids is 1. The summed E-state index contributed by atoms with van der Waals surface area (Å²) in [7, 11) is 0. The van der Waals surface area contributed by atoms with E-state index >= 15 is 0 Å². The van der Waals surface area contributed by atoms with Gasteiger partial charge in [0.1, 0.15) is 5.60 Å². The van der Waals surface area contributed by atoms with E-state index < -0.39 is 23.3 Å². The Hall–Kier alpha value is -1.29. The van der Waals surface area contributed by atoms with E-state index in [1.54, 1.807) is 12.2 Å². The molecule has 0 heterocycles. The quantitative estimate of drug-likeness (QED) is 0.670. The molecule has 0 aliphatic carbocycles. The third-order valence-corrected chi connectivity index (χ3v) is 3.46. The van der Waals surface area contributed by atoms with Crippen LogP contribution in [0.1, 0.15) is 53.9 Å². The molecular formula is C17H31NO3. The molecule has 0 aromatic rings. The van der Waals surface area contributed by atoms with Crippen LogP contribution in [-0.2, 0) is 4.74 Å². The Labute approximate surface area is 129 Å². The molecule has 1 amide bonds. The van der Waals surface area contributed by atoms with Crippen molar-refractivity contribution < 1.29 is 14.6 Å². The molecule has 0 aromatic carbocycles. The minimum absolute atomic E-state index is 0.0995. The highest BCUT2D eigenvalue weighted by Crippen LogP contribution is 2.28. The molecule has 0 fully saturated rings. The maximum absolute atomic E-state index is 12.0. The largest absolute Gasteiger partial charge is 0.444 e. The zero-order chi connectivity index (χ0) is 16.7. The van der Waals surface area contributed by atoms with Crippen LogP contribution < -0.4 is 5.32 Å². The number of hydrogen-bond acceptors (Lipinski definition) is 3. The van der Waals surface area contributed by atoms with Gasteiger partial charge in [0, 0.05) is 0 Å². The van der Waals surface area contributed by atoms with Crippen LogP contribution >= 0.6 is 0 Å². The lowest BCUT2D eigenvalue weighted by Crippen LogP contribution is -2.56. The molecular weight excluding hydrogens is 266 g/mol. The number of hydrogen-bond donors (Lipinski definition) is 2. The van der Waals surface area contributed by atoms with Gasteiger partial charge in [0.25, 0.3) is 0 Å². The van der Waals surface area contributed by atoms with Crippen LogP contribution in [0.25, 0.3) is 0 Å². The van der Waals surface area contributed by atoms with E-state index in [9.17, 15) is 9.90 Å². The fourth-order valence-corrected chi connectivity index (χ4v) is 2.31. The molecule has 0 bridgehead atoms. The number of amides is 1. The minimum atomic E-state index is -1.10. The number of ether oxygens (including phenoxy) is 1. The highest BCUT2D eigenvalue weighted by molar-refractivity contribution is 5.68. The van der Waals surface area contributed by atoms with Gasteiger partial charge in [0.05, 0.1) is 11.6 Å². The first-order chi connectivity index (χ1) is 9.59. The Morgan fingerprint density at radius 3 is 2.10 bits per heavy atom. The molecule has 0 radical (unpaired) electrons. The first-order valence-corrected chi connectivity index (χ1v) is 7.53. The summed E-state index contributed by atoms with van der Waals surface area (Å²) in [6.45, 7) is 16.8. The number of carbonyl (C=O) groups is 1. The van der Waals surface area contributed by atoms with Crippen LogP contribution in [0.5, 0.6) is 0 Å². The van der Waals surface area contributed by atoms with Gasteiger partial charge in [-0.1, -0.05) is 32.4 Å². The van der Waals surface area contributed by atoms with Crippen molar-refractivity contribution in [2.45, 2.75) is 71.1 Å². The lowest BCUT2D eigenvalue weighted by atomic mass is 9.79. The molecule has 0 spiro atoms. The van der Waals surface area contributed by atoms with E-state index in [0.29, 0.717) is 12.8 Å². The average molecular weight is 297 g/mol. The molecule has 0 aromatic heterocycles. The molecule has 0 rings (SSSR count). The normalized spacial score (nSPS) is 15.0. The van der Waals surface area contributed by atoms with Crippen LogP contribution in [0.3, 0.4) is 0 Å². The molecule has 4 nitrogen and oxygen atoms in total. The van der Waals surface area contributed by atoms with E-state index in [2.05, 4.69) is 18.5 Å². The smallest absolute Gasteiger partial charge is 0.407 e. The first-order valence-electron chi connectivity index (χ1n) is 7.53. The van der Waals surface area contributed by atoms with Gasteiger partial charge < -0.3 is 15.2 Å². The van der Waals surface area contributed by atoms with Gasteiger partial charge in [-0.25, -0.2) is 4.79 Å². The Morgan fingerprint density at radius 2 is 1.76 bits per heavy atom. The third kappa shape index (κ3) is 6.80. The Balaban J connectivity index is 5.21.